The van der Waals surface area contributed by atoms with E-state index in [-0.39, 0.29) is 27.9 Å². The van der Waals surface area contributed by atoms with Gasteiger partial charge in [0.15, 0.2) is 8.32 Å². The van der Waals surface area contributed by atoms with E-state index in [1.807, 2.05) is 6.20 Å². The van der Waals surface area contributed by atoms with Crippen LogP contribution in [-0.4, -0.2) is 43.8 Å². The lowest BCUT2D eigenvalue weighted by atomic mass is 9.51. The van der Waals surface area contributed by atoms with E-state index < -0.39 is 8.32 Å². The summed E-state index contributed by atoms with van der Waals surface area (Å²) in [5, 5.41) is 4.87. The van der Waals surface area contributed by atoms with Gasteiger partial charge in [-0.25, -0.2) is 0 Å². The lowest BCUT2D eigenvalue weighted by molar-refractivity contribution is -0.124. The molecule has 0 saturated heterocycles. The highest BCUT2D eigenvalue weighted by Crippen LogP contribution is 2.58. The molecule has 3 aromatic rings. The third-order valence-electron chi connectivity index (χ3n) is 13.5. The number of benzene rings is 2. The number of rotatable bonds is 10. The van der Waals surface area contributed by atoms with E-state index in [2.05, 4.69) is 104 Å². The molecule has 5 saturated carbocycles. The first-order valence-corrected chi connectivity index (χ1v) is 22.0. The van der Waals surface area contributed by atoms with Gasteiger partial charge >= 0.3 is 0 Å². The van der Waals surface area contributed by atoms with Crippen molar-refractivity contribution in [1.29, 1.82) is 0 Å². The summed E-state index contributed by atoms with van der Waals surface area (Å²) in [7, 11) is -0.0849. The SMILES string of the molecule is COc1ccc(C23CCC(CN(c4cccc(-c5cnn(C6CC6)c5)c4)C(=O)[C@H]4CC[C@H](O[Si](C)(C)C(C)(C)C)CC4)(CC2)CC3)cc1C. The Morgan fingerprint density at radius 2 is 1.63 bits per heavy atom. The largest absolute Gasteiger partial charge is 0.496 e. The van der Waals surface area contributed by atoms with Crippen LogP contribution in [0.5, 0.6) is 5.75 Å². The number of hydrogen-bond acceptors (Lipinski definition) is 4. The fraction of sp³-hybridized carbons (Fsp3) is 0.619. The van der Waals surface area contributed by atoms with Crippen LogP contribution in [0.25, 0.3) is 11.1 Å². The van der Waals surface area contributed by atoms with E-state index in [4.69, 9.17) is 9.16 Å². The number of nitrogens with zero attached hydrogens (tertiary/aromatic N) is 3. The van der Waals surface area contributed by atoms with Crippen molar-refractivity contribution in [2.24, 2.45) is 11.3 Å². The van der Waals surface area contributed by atoms with E-state index in [1.54, 1.807) is 7.11 Å². The molecule has 6 nitrogen and oxygen atoms in total. The van der Waals surface area contributed by atoms with Crippen molar-refractivity contribution in [3.8, 4) is 16.9 Å². The van der Waals surface area contributed by atoms with E-state index in [0.29, 0.717) is 11.9 Å². The Morgan fingerprint density at radius 3 is 2.24 bits per heavy atom. The molecule has 1 aromatic heterocycles. The topological polar surface area (TPSA) is 56.6 Å². The highest BCUT2D eigenvalue weighted by Gasteiger charge is 2.51. The first kappa shape index (κ1) is 34.5. The molecule has 0 N–H and O–H groups in total. The summed E-state index contributed by atoms with van der Waals surface area (Å²) in [6.45, 7) is 14.6. The van der Waals surface area contributed by atoms with Gasteiger partial charge in [0.05, 0.1) is 19.3 Å². The number of ether oxygens (including phenoxy) is 1. The van der Waals surface area contributed by atoms with Gasteiger partial charge in [0.2, 0.25) is 5.91 Å². The van der Waals surface area contributed by atoms with Gasteiger partial charge in [-0.3, -0.25) is 9.48 Å². The molecule has 0 unspecified atom stereocenters. The van der Waals surface area contributed by atoms with Gasteiger partial charge < -0.3 is 14.1 Å². The number of hydrogen-bond donors (Lipinski definition) is 0. The van der Waals surface area contributed by atoms with Gasteiger partial charge in [0, 0.05) is 36.0 Å². The van der Waals surface area contributed by atoms with E-state index in [1.165, 1.54) is 62.5 Å². The molecule has 2 bridgehead atoms. The molecule has 49 heavy (non-hydrogen) atoms. The summed E-state index contributed by atoms with van der Waals surface area (Å²) in [5.41, 5.74) is 6.43. The lowest BCUT2D eigenvalue weighted by Gasteiger charge is -2.55. The molecule has 0 spiro atoms. The van der Waals surface area contributed by atoms with E-state index in [9.17, 15) is 4.79 Å². The Balaban J connectivity index is 1.11. The van der Waals surface area contributed by atoms with Crippen molar-refractivity contribution < 1.29 is 14.0 Å². The molecule has 1 amide bonds. The molecular weight excluding hydrogens is 623 g/mol. The monoisotopic (exact) mass is 681 g/mol. The molecule has 0 atom stereocenters. The Morgan fingerprint density at radius 1 is 0.939 bits per heavy atom. The Hall–Kier alpha value is -2.90. The molecule has 5 aliphatic carbocycles. The fourth-order valence-corrected chi connectivity index (χ4v) is 10.3. The molecule has 7 heteroatoms. The predicted molar refractivity (Wildman–Crippen MR) is 202 cm³/mol. The van der Waals surface area contributed by atoms with Gasteiger partial charge in [0.25, 0.3) is 0 Å². The molecule has 1 heterocycles. The van der Waals surface area contributed by atoms with Crippen molar-refractivity contribution in [3.05, 3.63) is 66.0 Å². The zero-order valence-electron chi connectivity index (χ0n) is 31.2. The smallest absolute Gasteiger partial charge is 0.230 e. The number of aromatic nitrogens is 2. The number of amides is 1. The number of fused-ring (bicyclic) bond motifs is 3. The second kappa shape index (κ2) is 13.0. The minimum absolute atomic E-state index is 0.0467. The Bertz CT molecular complexity index is 1630. The van der Waals surface area contributed by atoms with E-state index >= 15 is 0 Å². The third kappa shape index (κ3) is 6.91. The van der Waals surface area contributed by atoms with Crippen LogP contribution < -0.4 is 9.64 Å². The standard InChI is InChI=1S/C42H59N3O3Si/c1-30-25-34(13-18-38(30)47-5)42-22-19-41(20-23-42,21-24-42)29-44(36-10-8-9-32(26-36)33-27-43-45(28-33)35-14-15-35)39(46)31-11-16-37(17-12-31)48-49(6,7)40(2,3)4/h8-10,13,18,25-28,31,35,37H,11-12,14-17,19-24,29H2,1-7H3/t31-,37-,41?,42?. The fourth-order valence-electron chi connectivity index (χ4n) is 8.89. The van der Waals surface area contributed by atoms with Crippen LogP contribution in [0.15, 0.2) is 54.9 Å². The molecule has 5 aliphatic rings. The van der Waals surface area contributed by atoms with Crippen molar-refractivity contribution in [2.75, 3.05) is 18.6 Å². The third-order valence-corrected chi connectivity index (χ3v) is 18.0. The maximum Gasteiger partial charge on any atom is 0.230 e. The minimum atomic E-state index is -1.84. The number of anilines is 1. The summed E-state index contributed by atoms with van der Waals surface area (Å²) >= 11 is 0. The summed E-state index contributed by atoms with van der Waals surface area (Å²) < 4.78 is 14.5. The maximum atomic E-state index is 14.8. The zero-order chi connectivity index (χ0) is 34.6. The zero-order valence-corrected chi connectivity index (χ0v) is 32.2. The van der Waals surface area contributed by atoms with Crippen LogP contribution in [0.2, 0.25) is 18.1 Å². The molecule has 0 aliphatic heterocycles. The summed E-state index contributed by atoms with van der Waals surface area (Å²) in [6, 6.07) is 16.1. The first-order valence-electron chi connectivity index (χ1n) is 19.1. The molecule has 264 valence electrons. The molecular formula is C42H59N3O3Si. The first-order chi connectivity index (χ1) is 23.3. The van der Waals surface area contributed by atoms with Crippen LogP contribution in [0, 0.1) is 18.3 Å². The summed E-state index contributed by atoms with van der Waals surface area (Å²) in [4.78, 5) is 17.0. The van der Waals surface area contributed by atoms with Gasteiger partial charge in [-0.1, -0.05) is 45.0 Å². The molecule has 2 aromatic carbocycles. The van der Waals surface area contributed by atoms with Crippen molar-refractivity contribution in [3.63, 3.8) is 0 Å². The van der Waals surface area contributed by atoms with E-state index in [0.717, 1.165) is 54.8 Å². The highest BCUT2D eigenvalue weighted by molar-refractivity contribution is 6.74. The van der Waals surface area contributed by atoms with Crippen LogP contribution in [0.1, 0.15) is 115 Å². The Kier molecular flexibility index (Phi) is 9.17. The molecule has 0 radical (unpaired) electrons. The number of methoxy groups -OCH3 is 1. The molecule has 5 fully saturated rings. The van der Waals surface area contributed by atoms with Gasteiger partial charge in [0.1, 0.15) is 5.75 Å². The highest BCUT2D eigenvalue weighted by atomic mass is 28.4. The predicted octanol–water partition coefficient (Wildman–Crippen LogP) is 10.4. The average Bonchev–Trinajstić information content (AvgIpc) is 3.83. The van der Waals surface area contributed by atoms with Gasteiger partial charge in [-0.2, -0.15) is 5.10 Å². The van der Waals surface area contributed by atoms with Crippen LogP contribution in [-0.2, 0) is 14.6 Å². The average molecular weight is 682 g/mol. The number of carbonyl (C=O) groups is 1. The van der Waals surface area contributed by atoms with Gasteiger partial charge in [-0.15, -0.1) is 0 Å². The van der Waals surface area contributed by atoms with Crippen molar-refractivity contribution >= 4 is 19.9 Å². The summed E-state index contributed by atoms with van der Waals surface area (Å²) in [6.07, 6.45) is 17.8. The number of aryl methyl sites for hydroxylation is 1. The van der Waals surface area contributed by atoms with Crippen LogP contribution >= 0.6 is 0 Å². The van der Waals surface area contributed by atoms with Gasteiger partial charge in [-0.05, 0) is 148 Å². The lowest BCUT2D eigenvalue weighted by Crippen LogP contribution is -2.52. The number of carbonyl (C=O) groups excluding carboxylic acids is 1. The second-order valence-electron chi connectivity index (χ2n) is 17.7. The second-order valence-corrected chi connectivity index (χ2v) is 22.5. The van der Waals surface area contributed by atoms with Crippen molar-refractivity contribution in [2.45, 2.75) is 140 Å². The Labute approximate surface area is 296 Å². The normalized spacial score (nSPS) is 27.2. The molecule has 8 rings (SSSR count). The van der Waals surface area contributed by atoms with Crippen molar-refractivity contribution in [1.82, 2.24) is 9.78 Å². The van der Waals surface area contributed by atoms with Crippen LogP contribution in [0.3, 0.4) is 0 Å². The maximum absolute atomic E-state index is 14.8. The quantitative estimate of drug-likeness (QED) is 0.200. The minimum Gasteiger partial charge on any atom is -0.496 e. The van der Waals surface area contributed by atoms with Crippen LogP contribution in [0.4, 0.5) is 5.69 Å². The summed E-state index contributed by atoms with van der Waals surface area (Å²) in [5.74, 6) is 1.34.